The number of non-ortho nitro benzene ring substituents is 2. The summed E-state index contributed by atoms with van der Waals surface area (Å²) >= 11 is 0. The first kappa shape index (κ1) is 29.4. The van der Waals surface area contributed by atoms with Gasteiger partial charge in [-0.05, 0) is 39.3 Å². The van der Waals surface area contributed by atoms with Crippen LogP contribution >= 0.6 is 0 Å². The van der Waals surface area contributed by atoms with Crippen molar-refractivity contribution in [3.63, 3.8) is 0 Å². The Bertz CT molecular complexity index is 1120. The monoisotopic (exact) mass is 478 g/mol. The molecule has 14 nitrogen and oxygen atoms in total. The molecule has 4 N–H and O–H groups in total. The average molecular weight is 478 g/mol. The van der Waals surface area contributed by atoms with Crippen molar-refractivity contribution in [3.05, 3.63) is 73.3 Å². The lowest BCUT2D eigenvalue weighted by Crippen LogP contribution is -2.14. The number of fused-ring (bicyclic) bond motifs is 1. The lowest BCUT2D eigenvalue weighted by atomic mass is 10.2. The number of aromatic amines is 1. The Kier molecular flexibility index (Phi) is 11.9. The summed E-state index contributed by atoms with van der Waals surface area (Å²) in [5.74, 6) is -0.833. The molecule has 0 aliphatic rings. The van der Waals surface area contributed by atoms with Crippen LogP contribution in [0.4, 0.5) is 17.1 Å². The molecule has 0 saturated carbocycles. The predicted molar refractivity (Wildman–Crippen MR) is 125 cm³/mol. The van der Waals surface area contributed by atoms with Crippen molar-refractivity contribution in [3.8, 4) is 0 Å². The minimum Gasteiger partial charge on any atom is -0.481 e. The van der Waals surface area contributed by atoms with Gasteiger partial charge in [0.05, 0.1) is 21.6 Å². The SMILES string of the molecule is CC(=O)O.CC(C)(C)ON=O.Cc1ccc([N+](=O)[O-])cc1N.O=[N+]([O-])c1ccc2cn[nH]c2c1. The van der Waals surface area contributed by atoms with Crippen LogP contribution in [0.2, 0.25) is 0 Å². The predicted octanol–water partition coefficient (Wildman–Crippen LogP) is 4.53. The fourth-order valence-corrected chi connectivity index (χ4v) is 1.89. The van der Waals surface area contributed by atoms with E-state index in [1.165, 1.54) is 24.3 Å². The van der Waals surface area contributed by atoms with Crippen molar-refractivity contribution < 1.29 is 24.6 Å². The number of aryl methyl sites for hydroxylation is 1. The fraction of sp³-hybridized carbons (Fsp3) is 0.300. The van der Waals surface area contributed by atoms with Gasteiger partial charge in [-0.25, -0.2) is 0 Å². The van der Waals surface area contributed by atoms with Crippen LogP contribution < -0.4 is 5.73 Å². The summed E-state index contributed by atoms with van der Waals surface area (Å²) in [5, 5.41) is 37.5. The highest BCUT2D eigenvalue weighted by molar-refractivity contribution is 5.80. The number of nitro groups is 2. The van der Waals surface area contributed by atoms with Crippen LogP contribution in [0, 0.1) is 32.1 Å². The maximum absolute atomic E-state index is 10.3. The molecule has 1 aromatic heterocycles. The summed E-state index contributed by atoms with van der Waals surface area (Å²) in [6.45, 7) is 8.16. The van der Waals surface area contributed by atoms with Crippen LogP contribution in [-0.2, 0) is 9.63 Å². The van der Waals surface area contributed by atoms with Crippen molar-refractivity contribution in [2.75, 3.05) is 5.73 Å². The Morgan fingerprint density at radius 3 is 2.03 bits per heavy atom. The second-order valence-corrected chi connectivity index (χ2v) is 7.49. The highest BCUT2D eigenvalue weighted by Crippen LogP contribution is 2.18. The van der Waals surface area contributed by atoms with Crippen LogP contribution in [0.1, 0.15) is 33.3 Å². The van der Waals surface area contributed by atoms with Gasteiger partial charge >= 0.3 is 0 Å². The van der Waals surface area contributed by atoms with Gasteiger partial charge in [-0.2, -0.15) is 5.10 Å². The Balaban J connectivity index is 0.000000459. The summed E-state index contributed by atoms with van der Waals surface area (Å²) in [7, 11) is 0. The van der Waals surface area contributed by atoms with E-state index in [1.807, 2.05) is 0 Å². The Labute approximate surface area is 194 Å². The van der Waals surface area contributed by atoms with E-state index in [0.29, 0.717) is 11.2 Å². The molecule has 0 aliphatic heterocycles. The molecular weight excluding hydrogens is 452 g/mol. The number of nitrogen functional groups attached to an aromatic ring is 1. The number of nitro benzene ring substituents is 2. The van der Waals surface area contributed by atoms with Gasteiger partial charge in [0.1, 0.15) is 5.60 Å². The molecular formula is C20H26N6O8. The second kappa shape index (κ2) is 13.7. The summed E-state index contributed by atoms with van der Waals surface area (Å²) in [5.41, 5.74) is 7.14. The van der Waals surface area contributed by atoms with Gasteiger partial charge < -0.3 is 15.7 Å². The number of nitrogens with zero attached hydrogens (tertiary/aromatic N) is 4. The fourth-order valence-electron chi connectivity index (χ4n) is 1.89. The summed E-state index contributed by atoms with van der Waals surface area (Å²) in [6.07, 6.45) is 1.62. The highest BCUT2D eigenvalue weighted by Gasteiger charge is 2.10. The maximum atomic E-state index is 10.3. The van der Waals surface area contributed by atoms with E-state index >= 15 is 0 Å². The molecule has 0 spiro atoms. The van der Waals surface area contributed by atoms with E-state index in [-0.39, 0.29) is 11.4 Å². The number of carboxylic acid groups (broad SMARTS) is 1. The molecule has 0 atom stereocenters. The minimum atomic E-state index is -0.833. The number of nitrogens with one attached hydrogen (secondary N) is 1. The Morgan fingerprint density at radius 2 is 1.62 bits per heavy atom. The van der Waals surface area contributed by atoms with Crippen LogP contribution in [0.3, 0.4) is 0 Å². The van der Waals surface area contributed by atoms with E-state index in [0.717, 1.165) is 17.9 Å². The first-order valence-electron chi connectivity index (χ1n) is 9.46. The number of hydrogen-bond acceptors (Lipinski definition) is 10. The van der Waals surface area contributed by atoms with E-state index in [9.17, 15) is 25.1 Å². The Hall–Kier alpha value is -4.62. The zero-order valence-corrected chi connectivity index (χ0v) is 19.2. The molecule has 14 heteroatoms. The normalized spacial score (nSPS) is 9.68. The van der Waals surface area contributed by atoms with E-state index in [4.69, 9.17) is 15.6 Å². The van der Waals surface area contributed by atoms with Crippen LogP contribution in [-0.4, -0.2) is 36.7 Å². The summed E-state index contributed by atoms with van der Waals surface area (Å²) in [6, 6.07) is 9.01. The smallest absolute Gasteiger partial charge is 0.300 e. The average Bonchev–Trinajstić information content (AvgIpc) is 3.17. The largest absolute Gasteiger partial charge is 0.481 e. The van der Waals surface area contributed by atoms with Crippen molar-refractivity contribution in [2.45, 2.75) is 40.2 Å². The summed E-state index contributed by atoms with van der Waals surface area (Å²) in [4.78, 5) is 42.3. The molecule has 1 heterocycles. The molecule has 0 fully saturated rings. The van der Waals surface area contributed by atoms with Gasteiger partial charge in [-0.15, -0.1) is 4.91 Å². The number of benzene rings is 2. The lowest BCUT2D eigenvalue weighted by molar-refractivity contribution is -0.384. The molecule has 0 bridgehead atoms. The third-order valence-corrected chi connectivity index (χ3v) is 3.42. The Morgan fingerprint density at radius 1 is 1.12 bits per heavy atom. The van der Waals surface area contributed by atoms with E-state index in [1.54, 1.807) is 46.0 Å². The van der Waals surface area contributed by atoms with Crippen LogP contribution in [0.25, 0.3) is 10.9 Å². The molecule has 184 valence electrons. The van der Waals surface area contributed by atoms with Gasteiger partial charge in [-0.1, -0.05) is 6.07 Å². The number of H-pyrrole nitrogens is 1. The topological polar surface area (TPSA) is 217 Å². The number of hydrogen-bond donors (Lipinski definition) is 3. The van der Waals surface area contributed by atoms with Gasteiger partial charge in [0, 0.05) is 42.3 Å². The molecule has 3 aromatic rings. The van der Waals surface area contributed by atoms with Gasteiger partial charge in [0.25, 0.3) is 17.3 Å². The van der Waals surface area contributed by atoms with Crippen LogP contribution in [0.15, 0.2) is 47.9 Å². The lowest BCUT2D eigenvalue weighted by Gasteiger charge is -2.11. The number of carboxylic acids is 1. The first-order chi connectivity index (χ1) is 15.7. The number of nitrogens with two attached hydrogens (primary N) is 1. The maximum Gasteiger partial charge on any atom is 0.300 e. The minimum absolute atomic E-state index is 0.0353. The van der Waals surface area contributed by atoms with E-state index in [2.05, 4.69) is 20.4 Å². The van der Waals surface area contributed by atoms with Gasteiger partial charge in [0.2, 0.25) is 0 Å². The number of anilines is 1. The third-order valence-electron chi connectivity index (χ3n) is 3.42. The molecule has 2 aromatic carbocycles. The number of aromatic nitrogens is 2. The van der Waals surface area contributed by atoms with Crippen LogP contribution in [0.5, 0.6) is 0 Å². The molecule has 3 rings (SSSR count). The third kappa shape index (κ3) is 12.3. The van der Waals surface area contributed by atoms with Gasteiger partial charge in [0.15, 0.2) is 5.34 Å². The molecule has 34 heavy (non-hydrogen) atoms. The van der Waals surface area contributed by atoms with E-state index < -0.39 is 21.4 Å². The quantitative estimate of drug-likeness (QED) is 0.206. The number of aliphatic carboxylic acids is 1. The molecule has 0 radical (unpaired) electrons. The summed E-state index contributed by atoms with van der Waals surface area (Å²) < 4.78 is 0. The van der Waals surface area contributed by atoms with Crippen molar-refractivity contribution in [1.82, 2.24) is 10.2 Å². The van der Waals surface area contributed by atoms with Gasteiger partial charge in [-0.3, -0.25) is 30.1 Å². The first-order valence-corrected chi connectivity index (χ1v) is 9.46. The standard InChI is InChI=1S/C7H5N3O2.C7H8N2O2.C4H9NO2.C2H4O2/c11-10(12)6-2-1-5-4-8-9-7(5)3-6;1-5-2-3-6(9(10)11)4-7(5)8;1-4(2,3)7-5-6;1-2(3)4/h1-4H,(H,8,9);2-4H,8H2,1H3;1-3H3;1H3,(H,3,4). The van der Waals surface area contributed by atoms with Crippen molar-refractivity contribution in [2.24, 2.45) is 5.34 Å². The van der Waals surface area contributed by atoms with Crippen molar-refractivity contribution in [1.29, 1.82) is 0 Å². The highest BCUT2D eigenvalue weighted by atomic mass is 16.7. The molecule has 0 saturated heterocycles. The molecule has 0 aliphatic carbocycles. The number of rotatable bonds is 3. The second-order valence-electron chi connectivity index (χ2n) is 7.49. The number of carbonyl (C=O) groups is 1. The zero-order chi connectivity index (χ0) is 26.5. The molecule has 0 amide bonds. The van der Waals surface area contributed by atoms with Crippen molar-refractivity contribution >= 4 is 33.9 Å². The molecule has 0 unspecified atom stereocenters. The zero-order valence-electron chi connectivity index (χ0n) is 19.2.